The van der Waals surface area contributed by atoms with E-state index in [1.807, 2.05) is 6.07 Å². The summed E-state index contributed by atoms with van der Waals surface area (Å²) >= 11 is 12.1. The van der Waals surface area contributed by atoms with Crippen molar-refractivity contribution in [3.05, 3.63) is 82.4 Å². The predicted octanol–water partition coefficient (Wildman–Crippen LogP) is 4.13. The highest BCUT2D eigenvalue weighted by Gasteiger charge is 2.13. The molecule has 0 aliphatic rings. The van der Waals surface area contributed by atoms with Crippen molar-refractivity contribution >= 4 is 35.1 Å². The zero-order valence-electron chi connectivity index (χ0n) is 16.9. The van der Waals surface area contributed by atoms with Crippen LogP contribution in [0.5, 0.6) is 11.5 Å². The summed E-state index contributed by atoms with van der Waals surface area (Å²) in [6, 6.07) is 14.0. The molecule has 0 radical (unpaired) electrons. The summed E-state index contributed by atoms with van der Waals surface area (Å²) in [6.45, 7) is 0.532. The highest BCUT2D eigenvalue weighted by Crippen LogP contribution is 2.21. The number of benzene rings is 2. The lowest BCUT2D eigenvalue weighted by molar-refractivity contribution is 0.101. The highest BCUT2D eigenvalue weighted by molar-refractivity contribution is 6.35. The molecule has 1 amide bonds. The van der Waals surface area contributed by atoms with Gasteiger partial charge in [0, 0.05) is 16.2 Å². The number of anilines is 1. The van der Waals surface area contributed by atoms with Crippen molar-refractivity contribution in [1.29, 1.82) is 0 Å². The van der Waals surface area contributed by atoms with Crippen molar-refractivity contribution in [3.8, 4) is 11.5 Å². The summed E-state index contributed by atoms with van der Waals surface area (Å²) in [5.41, 5.74) is 1.04. The number of nitrogens with zero attached hydrogens (tertiary/aromatic N) is 5. The van der Waals surface area contributed by atoms with Crippen molar-refractivity contribution in [2.75, 3.05) is 12.4 Å². The molecule has 11 heteroatoms. The van der Waals surface area contributed by atoms with E-state index in [0.29, 0.717) is 22.3 Å². The molecule has 2 heterocycles. The standard InChI is InChI=1S/C21H18Cl2N6O3/c1-31-16-4-6-17(7-5-16)32-13-28-9-8-19(26-28)20(30)25-21-24-12-29(27-21)11-14-2-3-15(22)10-18(14)23/h2-10,12H,11,13H2,1H3,(H,25,27,30). The molecule has 1 N–H and O–H groups in total. The molecule has 4 rings (SSSR count). The van der Waals surface area contributed by atoms with Crippen LogP contribution in [-0.4, -0.2) is 37.6 Å². The molecule has 0 atom stereocenters. The topological polar surface area (TPSA) is 96.1 Å². The molecule has 9 nitrogen and oxygen atoms in total. The van der Waals surface area contributed by atoms with Crippen molar-refractivity contribution in [2.24, 2.45) is 0 Å². The second-order valence-electron chi connectivity index (χ2n) is 6.65. The smallest absolute Gasteiger partial charge is 0.278 e. The molecule has 0 unspecified atom stereocenters. The van der Waals surface area contributed by atoms with E-state index in [1.54, 1.807) is 60.5 Å². The Labute approximate surface area is 193 Å². The van der Waals surface area contributed by atoms with E-state index in [2.05, 4.69) is 20.5 Å². The number of nitrogens with one attached hydrogen (secondary N) is 1. The molecule has 0 saturated heterocycles. The summed E-state index contributed by atoms with van der Waals surface area (Å²) in [5, 5.41) is 12.2. The van der Waals surface area contributed by atoms with Crippen molar-refractivity contribution < 1.29 is 14.3 Å². The fraction of sp³-hybridized carbons (Fsp3) is 0.143. The van der Waals surface area contributed by atoms with Gasteiger partial charge < -0.3 is 9.47 Å². The molecule has 4 aromatic rings. The van der Waals surface area contributed by atoms with Crippen LogP contribution in [0.2, 0.25) is 10.0 Å². The van der Waals surface area contributed by atoms with Crippen LogP contribution in [0, 0.1) is 0 Å². The van der Waals surface area contributed by atoms with Gasteiger partial charge in [0.1, 0.15) is 17.8 Å². The van der Waals surface area contributed by atoms with Gasteiger partial charge in [-0.2, -0.15) is 5.10 Å². The first-order valence-corrected chi connectivity index (χ1v) is 10.2. The minimum absolute atomic E-state index is 0.147. The lowest BCUT2D eigenvalue weighted by Crippen LogP contribution is -2.15. The highest BCUT2D eigenvalue weighted by atomic mass is 35.5. The van der Waals surface area contributed by atoms with E-state index in [-0.39, 0.29) is 18.4 Å². The molecule has 0 fully saturated rings. The molecule has 0 saturated carbocycles. The van der Waals surface area contributed by atoms with E-state index in [1.165, 1.54) is 11.0 Å². The second kappa shape index (κ2) is 9.71. The Bertz CT molecular complexity index is 1220. The molecule has 164 valence electrons. The third-order valence-corrected chi connectivity index (χ3v) is 4.99. The average molecular weight is 473 g/mol. The number of aromatic nitrogens is 5. The van der Waals surface area contributed by atoms with Gasteiger partial charge in [0.05, 0.1) is 13.7 Å². The van der Waals surface area contributed by atoms with Gasteiger partial charge in [0.2, 0.25) is 5.95 Å². The molecule has 2 aromatic carbocycles. The second-order valence-corrected chi connectivity index (χ2v) is 7.49. The van der Waals surface area contributed by atoms with Crippen LogP contribution in [0.4, 0.5) is 5.95 Å². The maximum Gasteiger partial charge on any atom is 0.278 e. The molecule has 32 heavy (non-hydrogen) atoms. The number of ether oxygens (including phenoxy) is 2. The van der Waals surface area contributed by atoms with Crippen LogP contribution >= 0.6 is 23.2 Å². The van der Waals surface area contributed by atoms with Gasteiger partial charge in [0.25, 0.3) is 5.91 Å². The molecule has 0 spiro atoms. The van der Waals surface area contributed by atoms with E-state index in [4.69, 9.17) is 32.7 Å². The van der Waals surface area contributed by atoms with Gasteiger partial charge in [-0.1, -0.05) is 29.3 Å². The maximum absolute atomic E-state index is 12.5. The quantitative estimate of drug-likeness (QED) is 0.414. The van der Waals surface area contributed by atoms with E-state index >= 15 is 0 Å². The number of amides is 1. The average Bonchev–Trinajstić information content (AvgIpc) is 3.44. The summed E-state index contributed by atoms with van der Waals surface area (Å²) in [4.78, 5) is 16.6. The Balaban J connectivity index is 1.33. The van der Waals surface area contributed by atoms with Crippen LogP contribution in [-0.2, 0) is 13.3 Å². The van der Waals surface area contributed by atoms with Crippen LogP contribution in [0.1, 0.15) is 16.1 Å². The number of rotatable bonds is 8. The Morgan fingerprint density at radius 2 is 1.81 bits per heavy atom. The lowest BCUT2D eigenvalue weighted by Gasteiger charge is -2.07. The number of halogens is 2. The van der Waals surface area contributed by atoms with Gasteiger partial charge in [0.15, 0.2) is 12.4 Å². The normalized spacial score (nSPS) is 10.7. The first kappa shape index (κ1) is 21.7. The molecule has 0 aliphatic heterocycles. The third kappa shape index (κ3) is 5.37. The Morgan fingerprint density at radius 1 is 1.03 bits per heavy atom. The molecular formula is C21H18Cl2N6O3. The molecular weight excluding hydrogens is 455 g/mol. The third-order valence-electron chi connectivity index (χ3n) is 4.41. The van der Waals surface area contributed by atoms with Gasteiger partial charge in [-0.15, -0.1) is 5.10 Å². The summed E-state index contributed by atoms with van der Waals surface area (Å²) in [7, 11) is 1.60. The number of carbonyl (C=O) groups excluding carboxylic acids is 1. The Morgan fingerprint density at radius 3 is 2.56 bits per heavy atom. The van der Waals surface area contributed by atoms with Gasteiger partial charge in [-0.25, -0.2) is 14.3 Å². The monoisotopic (exact) mass is 472 g/mol. The van der Waals surface area contributed by atoms with Crippen LogP contribution in [0.15, 0.2) is 61.1 Å². The van der Waals surface area contributed by atoms with E-state index in [9.17, 15) is 4.79 Å². The lowest BCUT2D eigenvalue weighted by atomic mass is 10.2. The minimum Gasteiger partial charge on any atom is -0.497 e. The fourth-order valence-electron chi connectivity index (χ4n) is 2.79. The van der Waals surface area contributed by atoms with Gasteiger partial charge in [-0.05, 0) is 48.0 Å². The van der Waals surface area contributed by atoms with E-state index < -0.39 is 5.91 Å². The Kier molecular flexibility index (Phi) is 6.58. The van der Waals surface area contributed by atoms with Gasteiger partial charge in [-0.3, -0.25) is 10.1 Å². The van der Waals surface area contributed by atoms with Crippen LogP contribution in [0.3, 0.4) is 0 Å². The van der Waals surface area contributed by atoms with Crippen LogP contribution < -0.4 is 14.8 Å². The van der Waals surface area contributed by atoms with E-state index in [0.717, 1.165) is 11.3 Å². The number of carbonyl (C=O) groups is 1. The van der Waals surface area contributed by atoms with Gasteiger partial charge >= 0.3 is 0 Å². The molecule has 0 bridgehead atoms. The first-order chi connectivity index (χ1) is 15.5. The minimum atomic E-state index is -0.435. The Hall–Kier alpha value is -3.56. The van der Waals surface area contributed by atoms with Crippen molar-refractivity contribution in [3.63, 3.8) is 0 Å². The molecule has 2 aromatic heterocycles. The zero-order valence-corrected chi connectivity index (χ0v) is 18.4. The maximum atomic E-state index is 12.5. The molecule has 0 aliphatic carbocycles. The summed E-state index contributed by atoms with van der Waals surface area (Å²) < 4.78 is 13.8. The summed E-state index contributed by atoms with van der Waals surface area (Å²) in [5.74, 6) is 1.12. The SMILES string of the molecule is COc1ccc(OCn2ccc(C(=O)Nc3ncn(Cc4ccc(Cl)cc4Cl)n3)n2)cc1. The predicted molar refractivity (Wildman–Crippen MR) is 119 cm³/mol. The largest absolute Gasteiger partial charge is 0.497 e. The summed E-state index contributed by atoms with van der Waals surface area (Å²) in [6.07, 6.45) is 3.15. The first-order valence-electron chi connectivity index (χ1n) is 9.45. The number of methoxy groups -OCH3 is 1. The van der Waals surface area contributed by atoms with Crippen LogP contribution in [0.25, 0.3) is 0 Å². The van der Waals surface area contributed by atoms with Crippen molar-refractivity contribution in [1.82, 2.24) is 24.5 Å². The number of hydrogen-bond donors (Lipinski definition) is 1. The van der Waals surface area contributed by atoms with Crippen molar-refractivity contribution in [2.45, 2.75) is 13.3 Å². The number of hydrogen-bond acceptors (Lipinski definition) is 6. The fourth-order valence-corrected chi connectivity index (χ4v) is 3.25. The zero-order chi connectivity index (χ0) is 22.5.